The molecule has 29 N–H and O–H groups in total. The van der Waals surface area contributed by atoms with Crippen molar-refractivity contribution in [3.05, 3.63) is 0 Å². The Morgan fingerprint density at radius 3 is 0.699 bits per heavy atom. The number of hydrogen-bond acceptors (Lipinski definition) is 46. The number of ether oxygens (including phenoxy) is 17. The summed E-state index contributed by atoms with van der Waals surface area (Å²) in [6.45, 7) is -8.64. The van der Waals surface area contributed by atoms with Gasteiger partial charge in [0, 0.05) is 6.92 Å². The number of rotatable bonds is 26. The van der Waals surface area contributed by atoms with Crippen LogP contribution in [-0.2, 0) is 85.3 Å². The van der Waals surface area contributed by atoms with E-state index in [0.29, 0.717) is 0 Å². The highest BCUT2D eigenvalue weighted by Crippen LogP contribution is 2.40. The molecule has 9 fully saturated rings. The molecule has 0 aromatic heterocycles. The van der Waals surface area contributed by atoms with E-state index < -0.39 is 342 Å². The van der Waals surface area contributed by atoms with Gasteiger partial charge in [0.1, 0.15) is 220 Å². The van der Waals surface area contributed by atoms with Crippen LogP contribution in [0.2, 0.25) is 0 Å². The van der Waals surface area contributed by atoms with Crippen LogP contribution >= 0.6 is 0 Å². The van der Waals surface area contributed by atoms with Crippen LogP contribution in [0.5, 0.6) is 0 Å². The molecule has 9 aliphatic rings. The van der Waals surface area contributed by atoms with Crippen molar-refractivity contribution in [1.82, 2.24) is 5.32 Å². The van der Waals surface area contributed by atoms with Crippen molar-refractivity contribution in [2.45, 2.75) is 283 Å². The molecule has 0 spiro atoms. The van der Waals surface area contributed by atoms with Gasteiger partial charge in [0.2, 0.25) is 5.91 Å². The topological polar surface area (TPSA) is 752 Å². The van der Waals surface area contributed by atoms with Crippen molar-refractivity contribution in [1.29, 1.82) is 0 Å². The summed E-state index contributed by atoms with van der Waals surface area (Å²) in [6.07, 6.45) is -91.1. The molecule has 0 bridgehead atoms. The van der Waals surface area contributed by atoms with E-state index in [-0.39, 0.29) is 0 Å². The maximum atomic E-state index is 12.1. The zero-order chi connectivity index (χ0) is 75.6. The molecule has 600 valence electrons. The Morgan fingerprint density at radius 2 is 0.437 bits per heavy atom. The predicted octanol–water partition coefficient (Wildman–Crippen LogP) is -20.5. The first kappa shape index (κ1) is 84.7. The van der Waals surface area contributed by atoms with Gasteiger partial charge in [-0.2, -0.15) is 0 Å². The molecule has 9 saturated heterocycles. The molecule has 47 heteroatoms. The monoisotopic (exact) mass is 1520 g/mol. The SMILES string of the molecule is CC(=O)N[C@H]1[C@H](O[C@H]2[C@@H](O)[C@@H](CO)O[C@H](O[C@H]3[C@@H](O)[C@@H](CO)O[C@H](O[C@H]4[C@@H](O)[C@@H](CO)O[C@H](O[C@H]5[C@@H](O)[C@@H](CO)O[C@H](O[C@H]6[C@@H](O)[C@@H](CO)O[C@H](O[C@H]7[C@@H](O)[C@@H](CO)O[C@H](O[C@@H]8[C@H](O)[C@@H](O)[C@H](O[C@H]9[C@H](O)[C@@H](O)[C@H](O)O[C@@H]9CO)O[C@@H]8CO)[C@@H]7O)[C@@H]6O)[C@@H]5O)[C@@H]4O)[C@@H]3O)[C@@H]2O)O[C@H](CO)[C@H](O)[C@@H]1O. The summed E-state index contributed by atoms with van der Waals surface area (Å²) in [5, 5.41) is 308. The van der Waals surface area contributed by atoms with Gasteiger partial charge in [-0.05, 0) is 0 Å². The number of carbonyl (C=O) groups excluding carboxylic acids is 1. The molecule has 0 aliphatic carbocycles. The highest BCUT2D eigenvalue weighted by atomic mass is 16.8. The number of nitrogens with one attached hydrogen (secondary N) is 1. The zero-order valence-electron chi connectivity index (χ0n) is 54.2. The smallest absolute Gasteiger partial charge is 0.217 e. The molecule has 0 saturated carbocycles. The molecule has 103 heavy (non-hydrogen) atoms. The largest absolute Gasteiger partial charge is 0.394 e. The average Bonchev–Trinajstić information content (AvgIpc) is 0.781. The van der Waals surface area contributed by atoms with Gasteiger partial charge >= 0.3 is 0 Å². The van der Waals surface area contributed by atoms with Crippen LogP contribution in [0.25, 0.3) is 0 Å². The van der Waals surface area contributed by atoms with E-state index in [4.69, 9.17) is 80.5 Å². The molecule has 9 rings (SSSR count). The second-order valence-electron chi connectivity index (χ2n) is 25.9. The number of carbonyl (C=O) groups is 1. The van der Waals surface area contributed by atoms with E-state index in [0.717, 1.165) is 6.92 Å². The van der Waals surface area contributed by atoms with E-state index in [1.807, 2.05) is 0 Å². The van der Waals surface area contributed by atoms with Gasteiger partial charge in [0.05, 0.1) is 59.5 Å². The van der Waals surface area contributed by atoms with Crippen molar-refractivity contribution in [3.8, 4) is 0 Å². The molecule has 1 amide bonds. The standard InChI is InChI=1S/C56H95NO46/c1-11(67)57-21-29(75)22(68)12(2-58)88-49(21)98-42-23(69)13(3-59)90-52(34(42)80)100-44-25(71)15(5-61)92-54(36(44)82)102-46-27(73)17(7-63)94-56(38(46)84)103-47-28(74)18(8-64)93-55(39(47)85)101-45-26(72)16(6-62)91-53(37(45)83)99-43-24(70)14(4-60)89-51(35(43)81)97-41-20(10-66)95-50(33(79)31(41)77)96-40-19(9-65)87-48(86)32(78)30(40)76/h12-56,58-66,68-86H,2-10H2,1H3,(H,57,67)/t12-,13-,14-,15-,16-,17-,18-,19-,20-,21-,22+,23+,24+,25+,26+,27+,28+,29-,30-,31-,32-,33-,34-,35-,36-,37-,38-,39-,40-,41+,42+,43+,44+,45+,46+,47+,48-,49+,50+,51-,52-,53-,54-,55-,56-/m1/s1. The van der Waals surface area contributed by atoms with Crippen molar-refractivity contribution in [2.24, 2.45) is 0 Å². The third-order valence-electron chi connectivity index (χ3n) is 19.2. The minimum atomic E-state index is -2.42. The van der Waals surface area contributed by atoms with Crippen LogP contribution in [0.15, 0.2) is 0 Å². The van der Waals surface area contributed by atoms with E-state index in [1.165, 1.54) is 0 Å². The Bertz CT molecular complexity index is 2590. The lowest BCUT2D eigenvalue weighted by molar-refractivity contribution is -0.402. The maximum Gasteiger partial charge on any atom is 0.217 e. The molecule has 9 heterocycles. The number of hydrogen-bond donors (Lipinski definition) is 29. The summed E-state index contributed by atoms with van der Waals surface area (Å²) in [7, 11) is 0. The highest BCUT2D eigenvalue weighted by Gasteiger charge is 2.61. The van der Waals surface area contributed by atoms with Crippen LogP contribution in [-0.4, -0.2) is 485 Å². The quantitative estimate of drug-likeness (QED) is 0.0382. The Kier molecular flexibility index (Phi) is 30.2. The normalized spacial score (nSPS) is 52.4. The molecule has 0 radical (unpaired) electrons. The van der Waals surface area contributed by atoms with Gasteiger partial charge in [-0.3, -0.25) is 4.79 Å². The number of aliphatic hydroxyl groups is 28. The minimum Gasteiger partial charge on any atom is -0.394 e. The summed E-state index contributed by atoms with van der Waals surface area (Å²) in [4.78, 5) is 12.1. The lowest BCUT2D eigenvalue weighted by Gasteiger charge is -2.50. The van der Waals surface area contributed by atoms with E-state index in [9.17, 15) is 148 Å². The summed E-state index contributed by atoms with van der Waals surface area (Å²) in [6, 6.07) is -1.64. The lowest BCUT2D eigenvalue weighted by atomic mass is 9.94. The Hall–Kier alpha value is -2.33. The maximum absolute atomic E-state index is 12.1. The van der Waals surface area contributed by atoms with Crippen LogP contribution in [0.4, 0.5) is 0 Å². The zero-order valence-corrected chi connectivity index (χ0v) is 54.2. The summed E-state index contributed by atoms with van der Waals surface area (Å²) in [5.41, 5.74) is 0. The molecule has 47 nitrogen and oxygen atoms in total. The summed E-state index contributed by atoms with van der Waals surface area (Å²) < 4.78 is 96.1. The van der Waals surface area contributed by atoms with Crippen LogP contribution in [0.1, 0.15) is 6.92 Å². The fraction of sp³-hybridized carbons (Fsp3) is 0.982. The fourth-order valence-corrected chi connectivity index (χ4v) is 13.4. The van der Waals surface area contributed by atoms with Crippen molar-refractivity contribution in [2.75, 3.05) is 59.5 Å². The third-order valence-corrected chi connectivity index (χ3v) is 19.2. The minimum absolute atomic E-state index is 0.793. The van der Waals surface area contributed by atoms with E-state index >= 15 is 0 Å². The Labute approximate surface area is 581 Å². The second kappa shape index (κ2) is 36.7. The Morgan fingerprint density at radius 1 is 0.233 bits per heavy atom. The van der Waals surface area contributed by atoms with Crippen LogP contribution in [0, 0.1) is 0 Å². The predicted molar refractivity (Wildman–Crippen MR) is 309 cm³/mol. The highest BCUT2D eigenvalue weighted by molar-refractivity contribution is 5.73. The van der Waals surface area contributed by atoms with Gasteiger partial charge in [0.15, 0.2) is 56.6 Å². The first-order valence-electron chi connectivity index (χ1n) is 32.7. The molecular weight excluding hydrogens is 1420 g/mol. The summed E-state index contributed by atoms with van der Waals surface area (Å²) in [5.74, 6) is -0.793. The van der Waals surface area contributed by atoms with Gasteiger partial charge in [-0.15, -0.1) is 0 Å². The second-order valence-corrected chi connectivity index (χ2v) is 25.9. The number of amides is 1. The van der Waals surface area contributed by atoms with Crippen LogP contribution < -0.4 is 5.32 Å². The molecule has 45 atom stereocenters. The van der Waals surface area contributed by atoms with Crippen molar-refractivity contribution < 1.29 is 228 Å². The van der Waals surface area contributed by atoms with Gasteiger partial charge in [-0.1, -0.05) is 0 Å². The molecular formula is C56H95NO46. The van der Waals surface area contributed by atoms with Gasteiger partial charge < -0.3 is 229 Å². The number of aliphatic hydroxyl groups excluding tert-OH is 28. The first-order valence-corrected chi connectivity index (χ1v) is 32.7. The fourth-order valence-electron chi connectivity index (χ4n) is 13.4. The molecule has 0 aromatic rings. The lowest BCUT2D eigenvalue weighted by Crippen LogP contribution is -2.69. The van der Waals surface area contributed by atoms with Crippen LogP contribution in [0.3, 0.4) is 0 Å². The molecule has 0 unspecified atom stereocenters. The summed E-state index contributed by atoms with van der Waals surface area (Å²) >= 11 is 0. The molecule has 9 aliphatic heterocycles. The third kappa shape index (κ3) is 17.7. The van der Waals surface area contributed by atoms with Crippen molar-refractivity contribution in [3.63, 3.8) is 0 Å². The van der Waals surface area contributed by atoms with Gasteiger partial charge in [0.25, 0.3) is 0 Å². The first-order chi connectivity index (χ1) is 48.9. The Balaban J connectivity index is 0.877. The van der Waals surface area contributed by atoms with Gasteiger partial charge in [-0.25, -0.2) is 0 Å². The van der Waals surface area contributed by atoms with E-state index in [2.05, 4.69) is 5.32 Å². The molecule has 0 aromatic carbocycles. The average molecular weight is 1520 g/mol. The van der Waals surface area contributed by atoms with Crippen molar-refractivity contribution >= 4 is 5.91 Å². The van der Waals surface area contributed by atoms with E-state index in [1.54, 1.807) is 0 Å².